The number of rotatable bonds is 8. The molecule has 26 heavy (non-hydrogen) atoms. The van der Waals surface area contributed by atoms with Gasteiger partial charge in [0.05, 0.1) is 12.3 Å². The van der Waals surface area contributed by atoms with E-state index in [-0.39, 0.29) is 11.7 Å². The molecule has 2 rings (SSSR count). The Morgan fingerprint density at radius 3 is 2.73 bits per heavy atom. The Hall–Kier alpha value is -2.83. The Kier molecular flexibility index (Phi) is 6.77. The van der Waals surface area contributed by atoms with Gasteiger partial charge in [0, 0.05) is 12.2 Å². The fourth-order valence-corrected chi connectivity index (χ4v) is 2.74. The quantitative estimate of drug-likeness (QED) is 0.549. The van der Waals surface area contributed by atoms with Gasteiger partial charge in [-0.3, -0.25) is 9.69 Å². The van der Waals surface area contributed by atoms with Crippen LogP contribution in [0.5, 0.6) is 5.75 Å². The topological polar surface area (TPSA) is 78.9 Å². The molecule has 1 aliphatic rings. The monoisotopic (exact) mass is 362 g/mol. The van der Waals surface area contributed by atoms with E-state index in [9.17, 15) is 19.1 Å². The number of allylic oxidation sites excluding steroid dienone is 2. The van der Waals surface area contributed by atoms with Crippen LogP contribution in [0.3, 0.4) is 0 Å². The van der Waals surface area contributed by atoms with Gasteiger partial charge < -0.3 is 15.2 Å². The summed E-state index contributed by atoms with van der Waals surface area (Å²) in [6.45, 7) is 6.39. The minimum absolute atomic E-state index is 0.321. The van der Waals surface area contributed by atoms with Gasteiger partial charge >= 0.3 is 5.97 Å². The predicted octanol–water partition coefficient (Wildman–Crippen LogP) is 2.68. The molecule has 1 unspecified atom stereocenters. The van der Waals surface area contributed by atoms with Gasteiger partial charge in [0.15, 0.2) is 0 Å². The molecular formula is C19H23FN2O4. The van der Waals surface area contributed by atoms with Crippen LogP contribution in [0, 0.1) is 5.82 Å². The normalized spacial score (nSPS) is 17.3. The molecular weight excluding hydrogens is 339 g/mol. The van der Waals surface area contributed by atoms with Gasteiger partial charge in [-0.05, 0) is 50.5 Å². The number of ether oxygens (including phenoxy) is 1. The molecule has 1 amide bonds. The molecule has 1 saturated heterocycles. The molecule has 1 heterocycles. The second kappa shape index (κ2) is 9.03. The molecule has 7 heteroatoms. The number of benzene rings is 1. The Bertz CT molecular complexity index is 700. The lowest BCUT2D eigenvalue weighted by molar-refractivity contribution is -0.146. The molecule has 0 bridgehead atoms. The Morgan fingerprint density at radius 1 is 1.42 bits per heavy atom. The van der Waals surface area contributed by atoms with Crippen LogP contribution in [0.2, 0.25) is 0 Å². The molecule has 0 radical (unpaired) electrons. The number of carboxylic acid groups (broad SMARTS) is 1. The standard InChI is InChI=1S/C19H23FN2O4/c1-3-16(18(23)22-13(2)5-10-17(22)19(24)25)21-11-4-12-26-15-8-6-14(20)7-9-15/h3,6-9,17,21H,2,4-5,10-12H2,1H3,(H,24,25)/b16-3+. The number of carboxylic acids is 1. The van der Waals surface area contributed by atoms with E-state index >= 15 is 0 Å². The minimum Gasteiger partial charge on any atom is -0.494 e. The van der Waals surface area contributed by atoms with Crippen molar-refractivity contribution in [3.05, 3.63) is 54.1 Å². The van der Waals surface area contributed by atoms with Crippen LogP contribution >= 0.6 is 0 Å². The summed E-state index contributed by atoms with van der Waals surface area (Å²) in [4.78, 5) is 25.2. The number of nitrogens with one attached hydrogen (secondary N) is 1. The fourth-order valence-electron chi connectivity index (χ4n) is 2.74. The van der Waals surface area contributed by atoms with Crippen LogP contribution in [0.25, 0.3) is 0 Å². The molecule has 1 fully saturated rings. The van der Waals surface area contributed by atoms with Gasteiger partial charge in [-0.25, -0.2) is 9.18 Å². The van der Waals surface area contributed by atoms with Gasteiger partial charge in [0.1, 0.15) is 17.6 Å². The Labute approximate surface area is 151 Å². The van der Waals surface area contributed by atoms with Crippen molar-refractivity contribution in [2.45, 2.75) is 32.2 Å². The van der Waals surface area contributed by atoms with Crippen LogP contribution < -0.4 is 10.1 Å². The average Bonchev–Trinajstić information content (AvgIpc) is 3.01. The number of likely N-dealkylation sites (tertiary alicyclic amines) is 1. The fraction of sp³-hybridized carbons (Fsp3) is 0.368. The zero-order chi connectivity index (χ0) is 19.1. The van der Waals surface area contributed by atoms with E-state index in [4.69, 9.17) is 4.74 Å². The lowest BCUT2D eigenvalue weighted by Gasteiger charge is -2.24. The number of hydrogen-bond donors (Lipinski definition) is 2. The van der Waals surface area contributed by atoms with E-state index in [0.29, 0.717) is 49.6 Å². The van der Waals surface area contributed by atoms with E-state index in [2.05, 4.69) is 11.9 Å². The molecule has 1 aliphatic heterocycles. The van der Waals surface area contributed by atoms with Crippen LogP contribution in [0.1, 0.15) is 26.2 Å². The predicted molar refractivity (Wildman–Crippen MR) is 94.9 cm³/mol. The number of halogens is 1. The maximum absolute atomic E-state index is 12.8. The number of aliphatic carboxylic acids is 1. The van der Waals surface area contributed by atoms with Gasteiger partial charge in [-0.2, -0.15) is 0 Å². The van der Waals surface area contributed by atoms with E-state index in [1.165, 1.54) is 17.0 Å². The largest absolute Gasteiger partial charge is 0.494 e. The molecule has 1 atom stereocenters. The summed E-state index contributed by atoms with van der Waals surface area (Å²) in [5.74, 6) is -1.16. The van der Waals surface area contributed by atoms with E-state index in [1.54, 1.807) is 25.1 Å². The maximum Gasteiger partial charge on any atom is 0.326 e. The minimum atomic E-state index is -1.03. The lowest BCUT2D eigenvalue weighted by Crippen LogP contribution is -2.42. The van der Waals surface area contributed by atoms with Crippen molar-refractivity contribution in [2.75, 3.05) is 13.2 Å². The zero-order valence-electron chi connectivity index (χ0n) is 14.7. The molecule has 140 valence electrons. The summed E-state index contributed by atoms with van der Waals surface area (Å²) in [6, 6.07) is 4.88. The average molecular weight is 362 g/mol. The third-order valence-corrected chi connectivity index (χ3v) is 4.10. The second-order valence-corrected chi connectivity index (χ2v) is 5.92. The molecule has 0 spiro atoms. The van der Waals surface area contributed by atoms with Crippen molar-refractivity contribution in [1.29, 1.82) is 0 Å². The van der Waals surface area contributed by atoms with Crippen molar-refractivity contribution >= 4 is 11.9 Å². The molecule has 1 aromatic carbocycles. The Balaban J connectivity index is 1.81. The Morgan fingerprint density at radius 2 is 2.12 bits per heavy atom. The van der Waals surface area contributed by atoms with Crippen molar-refractivity contribution < 1.29 is 23.8 Å². The number of carbonyl (C=O) groups is 2. The maximum atomic E-state index is 12.8. The van der Waals surface area contributed by atoms with E-state index in [1.807, 2.05) is 0 Å². The third-order valence-electron chi connectivity index (χ3n) is 4.10. The lowest BCUT2D eigenvalue weighted by atomic mass is 10.2. The number of hydrogen-bond acceptors (Lipinski definition) is 4. The summed E-state index contributed by atoms with van der Waals surface area (Å²) in [6.07, 6.45) is 3.10. The number of carbonyl (C=O) groups excluding carboxylic acids is 1. The molecule has 0 aliphatic carbocycles. The summed E-state index contributed by atoms with van der Waals surface area (Å²) >= 11 is 0. The summed E-state index contributed by atoms with van der Waals surface area (Å²) in [5, 5.41) is 12.3. The highest BCUT2D eigenvalue weighted by Crippen LogP contribution is 2.27. The first-order valence-corrected chi connectivity index (χ1v) is 8.46. The van der Waals surface area contributed by atoms with Crippen LogP contribution in [0.4, 0.5) is 4.39 Å². The van der Waals surface area contributed by atoms with Gasteiger partial charge in [0.25, 0.3) is 5.91 Å². The van der Waals surface area contributed by atoms with Gasteiger partial charge in [-0.15, -0.1) is 0 Å². The van der Waals surface area contributed by atoms with Crippen molar-refractivity contribution in [3.63, 3.8) is 0 Å². The van der Waals surface area contributed by atoms with Crippen molar-refractivity contribution in [3.8, 4) is 5.75 Å². The van der Waals surface area contributed by atoms with Crippen LogP contribution in [0.15, 0.2) is 48.3 Å². The highest BCUT2D eigenvalue weighted by molar-refractivity contribution is 5.97. The highest BCUT2D eigenvalue weighted by atomic mass is 19.1. The van der Waals surface area contributed by atoms with E-state index in [0.717, 1.165) is 0 Å². The summed E-state index contributed by atoms with van der Waals surface area (Å²) in [5.41, 5.74) is 0.851. The van der Waals surface area contributed by atoms with Gasteiger partial charge in [-0.1, -0.05) is 12.7 Å². The molecule has 0 saturated carbocycles. The zero-order valence-corrected chi connectivity index (χ0v) is 14.7. The smallest absolute Gasteiger partial charge is 0.326 e. The third kappa shape index (κ3) is 4.84. The van der Waals surface area contributed by atoms with Crippen molar-refractivity contribution in [1.82, 2.24) is 10.2 Å². The SMILES string of the molecule is C=C1CCC(C(=O)O)N1C(=O)/C(=C\C)NCCCOc1ccc(F)cc1. The van der Waals surface area contributed by atoms with Crippen LogP contribution in [-0.2, 0) is 9.59 Å². The summed E-state index contributed by atoms with van der Waals surface area (Å²) in [7, 11) is 0. The van der Waals surface area contributed by atoms with Gasteiger partial charge in [0.2, 0.25) is 0 Å². The first-order valence-electron chi connectivity index (χ1n) is 8.46. The molecule has 0 aromatic heterocycles. The molecule has 1 aromatic rings. The van der Waals surface area contributed by atoms with E-state index < -0.39 is 12.0 Å². The molecule has 2 N–H and O–H groups in total. The first kappa shape index (κ1) is 19.5. The first-order chi connectivity index (χ1) is 12.4. The number of nitrogens with zero attached hydrogens (tertiary/aromatic N) is 1. The molecule has 6 nitrogen and oxygen atoms in total. The second-order valence-electron chi connectivity index (χ2n) is 5.92. The highest BCUT2D eigenvalue weighted by Gasteiger charge is 2.37. The number of amides is 1. The summed E-state index contributed by atoms with van der Waals surface area (Å²) < 4.78 is 18.3. The van der Waals surface area contributed by atoms with Crippen LogP contribution in [-0.4, -0.2) is 41.1 Å². The van der Waals surface area contributed by atoms with Crippen molar-refractivity contribution in [2.24, 2.45) is 0 Å².